The lowest BCUT2D eigenvalue weighted by molar-refractivity contribution is -0.117. The van der Waals surface area contributed by atoms with Crippen molar-refractivity contribution in [2.75, 3.05) is 44.4 Å². The van der Waals surface area contributed by atoms with Gasteiger partial charge in [0.05, 0.1) is 19.8 Å². The normalized spacial score (nSPS) is 16.7. The number of halogens is 1. The first-order valence-electron chi connectivity index (χ1n) is 6.66. The highest BCUT2D eigenvalue weighted by atomic mass is 35.5. The molecule has 1 atom stereocenters. The maximum atomic E-state index is 12.1. The SMILES string of the molecule is COCCOc1cc(NC(=O)C2CSCN2)ccc1OC.Cl. The van der Waals surface area contributed by atoms with Crippen LogP contribution in [0.25, 0.3) is 0 Å². The molecule has 1 amide bonds. The molecule has 0 bridgehead atoms. The van der Waals surface area contributed by atoms with Gasteiger partial charge in [-0.2, -0.15) is 0 Å². The first-order chi connectivity index (χ1) is 10.2. The van der Waals surface area contributed by atoms with E-state index in [9.17, 15) is 4.79 Å². The number of rotatable bonds is 7. The van der Waals surface area contributed by atoms with Crippen LogP contribution in [0.15, 0.2) is 18.2 Å². The number of thioether (sulfide) groups is 1. The summed E-state index contributed by atoms with van der Waals surface area (Å²) < 4.78 is 15.8. The van der Waals surface area contributed by atoms with E-state index in [1.54, 1.807) is 44.2 Å². The Kier molecular flexibility index (Phi) is 8.40. The van der Waals surface area contributed by atoms with Gasteiger partial charge in [-0.1, -0.05) is 0 Å². The van der Waals surface area contributed by atoms with E-state index in [-0.39, 0.29) is 24.4 Å². The van der Waals surface area contributed by atoms with Crippen LogP contribution in [-0.4, -0.2) is 51.0 Å². The molecule has 6 nitrogen and oxygen atoms in total. The Morgan fingerprint density at radius 3 is 2.82 bits per heavy atom. The number of nitrogens with one attached hydrogen (secondary N) is 2. The van der Waals surface area contributed by atoms with Crippen LogP contribution in [0.2, 0.25) is 0 Å². The summed E-state index contributed by atoms with van der Waals surface area (Å²) in [6.45, 7) is 0.911. The average Bonchev–Trinajstić information content (AvgIpc) is 3.02. The van der Waals surface area contributed by atoms with Gasteiger partial charge in [0.2, 0.25) is 5.91 Å². The van der Waals surface area contributed by atoms with Crippen molar-refractivity contribution in [3.63, 3.8) is 0 Å². The van der Waals surface area contributed by atoms with E-state index < -0.39 is 0 Å². The van der Waals surface area contributed by atoms with Crippen molar-refractivity contribution in [2.24, 2.45) is 0 Å². The number of carbonyl (C=O) groups is 1. The summed E-state index contributed by atoms with van der Waals surface area (Å²) in [4.78, 5) is 12.1. The van der Waals surface area contributed by atoms with Crippen molar-refractivity contribution < 1.29 is 19.0 Å². The molecule has 1 unspecified atom stereocenters. The Morgan fingerprint density at radius 1 is 1.36 bits per heavy atom. The summed E-state index contributed by atoms with van der Waals surface area (Å²) in [7, 11) is 3.19. The van der Waals surface area contributed by atoms with Crippen molar-refractivity contribution in [1.29, 1.82) is 0 Å². The average molecular weight is 349 g/mol. The first kappa shape index (κ1) is 18.9. The number of benzene rings is 1. The summed E-state index contributed by atoms with van der Waals surface area (Å²) in [6.07, 6.45) is 0. The molecule has 124 valence electrons. The summed E-state index contributed by atoms with van der Waals surface area (Å²) in [5.74, 6) is 2.78. The molecule has 0 aromatic heterocycles. The minimum atomic E-state index is -0.144. The molecule has 1 fully saturated rings. The van der Waals surface area contributed by atoms with E-state index in [4.69, 9.17) is 14.2 Å². The second kappa shape index (κ2) is 9.78. The first-order valence-corrected chi connectivity index (χ1v) is 7.82. The Morgan fingerprint density at radius 2 is 2.18 bits per heavy atom. The van der Waals surface area contributed by atoms with Crippen LogP contribution in [0.1, 0.15) is 0 Å². The topological polar surface area (TPSA) is 68.8 Å². The Hall–Kier alpha value is -1.15. The van der Waals surface area contributed by atoms with E-state index in [1.807, 2.05) is 0 Å². The molecule has 22 heavy (non-hydrogen) atoms. The molecule has 1 saturated heterocycles. The molecule has 1 aromatic rings. The third-order valence-electron chi connectivity index (χ3n) is 3.01. The third-order valence-corrected chi connectivity index (χ3v) is 3.95. The van der Waals surface area contributed by atoms with E-state index in [1.165, 1.54) is 0 Å². The van der Waals surface area contributed by atoms with E-state index in [0.717, 1.165) is 11.6 Å². The highest BCUT2D eigenvalue weighted by Crippen LogP contribution is 2.30. The largest absolute Gasteiger partial charge is 0.493 e. The van der Waals surface area contributed by atoms with Crippen molar-refractivity contribution in [3.8, 4) is 11.5 Å². The zero-order valence-corrected chi connectivity index (χ0v) is 14.2. The van der Waals surface area contributed by atoms with Gasteiger partial charge < -0.3 is 19.5 Å². The summed E-state index contributed by atoms with van der Waals surface area (Å²) in [5, 5.41) is 6.02. The number of anilines is 1. The summed E-state index contributed by atoms with van der Waals surface area (Å²) >= 11 is 1.71. The molecular weight excluding hydrogens is 328 g/mol. The van der Waals surface area contributed by atoms with Crippen LogP contribution in [0.5, 0.6) is 11.5 Å². The van der Waals surface area contributed by atoms with E-state index in [0.29, 0.717) is 30.4 Å². The fourth-order valence-electron chi connectivity index (χ4n) is 1.90. The molecule has 0 saturated carbocycles. The Balaban J connectivity index is 0.00000242. The third kappa shape index (κ3) is 5.24. The number of carbonyl (C=O) groups excluding carboxylic acids is 1. The molecule has 2 N–H and O–H groups in total. The molecule has 1 aromatic carbocycles. The number of hydrogen-bond acceptors (Lipinski definition) is 6. The smallest absolute Gasteiger partial charge is 0.242 e. The van der Waals surface area contributed by atoms with Crippen LogP contribution >= 0.6 is 24.2 Å². The molecule has 8 heteroatoms. The summed E-state index contributed by atoms with van der Waals surface area (Å²) in [5.41, 5.74) is 0.687. The van der Waals surface area contributed by atoms with Crippen molar-refractivity contribution in [1.82, 2.24) is 5.32 Å². The van der Waals surface area contributed by atoms with Crippen LogP contribution < -0.4 is 20.1 Å². The maximum Gasteiger partial charge on any atom is 0.242 e. The van der Waals surface area contributed by atoms with Crippen molar-refractivity contribution in [2.45, 2.75) is 6.04 Å². The minimum absolute atomic E-state index is 0. The Bertz CT molecular complexity index is 484. The number of amides is 1. The molecule has 2 rings (SSSR count). The quantitative estimate of drug-likeness (QED) is 0.732. The monoisotopic (exact) mass is 348 g/mol. The number of hydrogen-bond donors (Lipinski definition) is 2. The van der Waals surface area contributed by atoms with E-state index in [2.05, 4.69) is 10.6 Å². The minimum Gasteiger partial charge on any atom is -0.493 e. The van der Waals surface area contributed by atoms with Gasteiger partial charge >= 0.3 is 0 Å². The van der Waals surface area contributed by atoms with Gasteiger partial charge in [0.25, 0.3) is 0 Å². The van der Waals surface area contributed by atoms with Crippen molar-refractivity contribution in [3.05, 3.63) is 18.2 Å². The second-order valence-corrected chi connectivity index (χ2v) is 5.50. The molecule has 0 radical (unpaired) electrons. The van der Waals surface area contributed by atoms with Crippen LogP contribution in [0.3, 0.4) is 0 Å². The standard InChI is InChI=1S/C14H20N2O4S.ClH/c1-18-5-6-20-13-7-10(3-4-12(13)19-2)16-14(17)11-8-21-9-15-11;/h3-4,7,11,15H,5-6,8-9H2,1-2H3,(H,16,17);1H. The highest BCUT2D eigenvalue weighted by molar-refractivity contribution is 7.99. The van der Waals surface area contributed by atoms with Gasteiger partial charge in [0, 0.05) is 30.5 Å². The Labute approximate surface area is 140 Å². The molecule has 0 spiro atoms. The van der Waals surface area contributed by atoms with Crippen LogP contribution in [0, 0.1) is 0 Å². The van der Waals surface area contributed by atoms with E-state index >= 15 is 0 Å². The van der Waals surface area contributed by atoms with Gasteiger partial charge in [-0.05, 0) is 12.1 Å². The van der Waals surface area contributed by atoms with Gasteiger partial charge in [0.1, 0.15) is 6.61 Å². The second-order valence-electron chi connectivity index (χ2n) is 4.47. The van der Waals surface area contributed by atoms with Crippen molar-refractivity contribution >= 4 is 35.8 Å². The van der Waals surface area contributed by atoms with Gasteiger partial charge in [-0.3, -0.25) is 10.1 Å². The molecule has 0 aliphatic carbocycles. The maximum absolute atomic E-state index is 12.1. The highest BCUT2D eigenvalue weighted by Gasteiger charge is 2.22. The molecule has 1 heterocycles. The lowest BCUT2D eigenvalue weighted by Gasteiger charge is -2.14. The predicted octanol–water partition coefficient (Wildman–Crippen LogP) is 1.74. The zero-order valence-electron chi connectivity index (χ0n) is 12.6. The predicted molar refractivity (Wildman–Crippen MR) is 90.5 cm³/mol. The van der Waals surface area contributed by atoms with Crippen LogP contribution in [-0.2, 0) is 9.53 Å². The summed E-state index contributed by atoms with van der Waals surface area (Å²) in [6, 6.07) is 5.18. The molecule has 1 aliphatic rings. The fourth-order valence-corrected chi connectivity index (χ4v) is 2.84. The molecule has 1 aliphatic heterocycles. The number of methoxy groups -OCH3 is 2. The van der Waals surface area contributed by atoms with Gasteiger partial charge in [-0.15, -0.1) is 24.2 Å². The van der Waals surface area contributed by atoms with Gasteiger partial charge in [-0.25, -0.2) is 0 Å². The number of ether oxygens (including phenoxy) is 3. The lowest BCUT2D eigenvalue weighted by atomic mass is 10.2. The van der Waals surface area contributed by atoms with Gasteiger partial charge in [0.15, 0.2) is 11.5 Å². The molecular formula is C14H21ClN2O4S. The lowest BCUT2D eigenvalue weighted by Crippen LogP contribution is -2.37. The zero-order chi connectivity index (χ0) is 15.1. The van der Waals surface area contributed by atoms with Crippen LogP contribution in [0.4, 0.5) is 5.69 Å². The fraction of sp³-hybridized carbons (Fsp3) is 0.500.